The van der Waals surface area contributed by atoms with Crippen LogP contribution in [0.25, 0.3) is 0 Å². The zero-order chi connectivity index (χ0) is 25.2. The average molecular weight is 478 g/mol. The van der Waals surface area contributed by atoms with Crippen LogP contribution in [-0.2, 0) is 23.7 Å². The number of nitrogens with one attached hydrogen (secondary N) is 1. The highest BCUT2D eigenvalue weighted by Crippen LogP contribution is 2.31. The first-order chi connectivity index (χ1) is 15.9. The molecule has 2 aliphatic rings. The van der Waals surface area contributed by atoms with Crippen molar-refractivity contribution in [1.82, 2.24) is 5.32 Å². The number of nitrogens with zero attached hydrogens (tertiary/aromatic N) is 1. The lowest BCUT2D eigenvalue weighted by molar-refractivity contribution is -0.139. The fourth-order valence-corrected chi connectivity index (χ4v) is 4.28. The van der Waals surface area contributed by atoms with Crippen molar-refractivity contribution in [2.75, 3.05) is 11.4 Å². The summed E-state index contributed by atoms with van der Waals surface area (Å²) in [5.74, 6) is -2.70. The molecular formula is C24H33BF2N2O5. The Labute approximate surface area is 199 Å². The van der Waals surface area contributed by atoms with E-state index < -0.39 is 48.2 Å². The maximum atomic E-state index is 14.1. The molecule has 0 radical (unpaired) electrons. The predicted molar refractivity (Wildman–Crippen MR) is 124 cm³/mol. The number of hydrogen-bond acceptors (Lipinski definition) is 6. The molecule has 0 aliphatic carbocycles. The second-order valence-electron chi connectivity index (χ2n) is 10.6. The van der Waals surface area contributed by atoms with Gasteiger partial charge < -0.3 is 19.5 Å². The van der Waals surface area contributed by atoms with E-state index in [2.05, 4.69) is 5.32 Å². The summed E-state index contributed by atoms with van der Waals surface area (Å²) >= 11 is 0. The number of carbonyl (C=O) groups excluding carboxylic acids is 3. The van der Waals surface area contributed by atoms with E-state index in [0.717, 1.165) is 12.1 Å². The van der Waals surface area contributed by atoms with Gasteiger partial charge in [0.25, 0.3) is 0 Å². The molecule has 1 N–H and O–H groups in total. The quantitative estimate of drug-likeness (QED) is 0.548. The Hall–Kier alpha value is -2.49. The molecule has 0 unspecified atom stereocenters. The van der Waals surface area contributed by atoms with Crippen LogP contribution in [0, 0.1) is 23.0 Å². The summed E-state index contributed by atoms with van der Waals surface area (Å²) in [6.07, 6.45) is 0.303. The summed E-state index contributed by atoms with van der Waals surface area (Å²) in [6, 6.07) is 2.73. The van der Waals surface area contributed by atoms with E-state index in [9.17, 15) is 23.2 Å². The number of rotatable bonds is 9. The van der Waals surface area contributed by atoms with Gasteiger partial charge in [-0.05, 0) is 36.3 Å². The maximum Gasteiger partial charge on any atom is 0.552 e. The number of carbonyl (C=O) groups is 3. The van der Waals surface area contributed by atoms with Crippen molar-refractivity contribution in [1.29, 1.82) is 0 Å². The highest BCUT2D eigenvalue weighted by molar-refractivity contribution is 6.51. The third-order valence-corrected chi connectivity index (χ3v) is 6.11. The molecule has 186 valence electrons. The van der Waals surface area contributed by atoms with Crippen LogP contribution in [0.2, 0.25) is 0 Å². The van der Waals surface area contributed by atoms with Crippen molar-refractivity contribution < 1.29 is 32.5 Å². The number of halogens is 2. The Morgan fingerprint density at radius 2 is 1.94 bits per heavy atom. The van der Waals surface area contributed by atoms with Gasteiger partial charge in [-0.1, -0.05) is 34.6 Å². The van der Waals surface area contributed by atoms with E-state index in [-0.39, 0.29) is 36.1 Å². The summed E-state index contributed by atoms with van der Waals surface area (Å²) in [6.45, 7) is 10.1. The SMILES string of the molecule is CC(C)C[C@H](NC(=O)CCC(=O)[C@@H]1CCN1c1ccc(F)cc1F)B1OC(=O)[C@H](C(C)(C)C)O1. The summed E-state index contributed by atoms with van der Waals surface area (Å²) in [5.41, 5.74) is -0.260. The van der Waals surface area contributed by atoms with E-state index in [0.29, 0.717) is 19.4 Å². The summed E-state index contributed by atoms with van der Waals surface area (Å²) in [7, 11) is -0.887. The number of ketones is 1. The van der Waals surface area contributed by atoms with Crippen molar-refractivity contribution in [2.45, 2.75) is 78.4 Å². The minimum absolute atomic E-state index is 0.0138. The van der Waals surface area contributed by atoms with Crippen LogP contribution in [-0.4, -0.2) is 49.4 Å². The van der Waals surface area contributed by atoms with Gasteiger partial charge in [-0.2, -0.15) is 0 Å². The number of anilines is 1. The highest BCUT2D eigenvalue weighted by atomic mass is 19.1. The van der Waals surface area contributed by atoms with Crippen molar-refractivity contribution in [2.24, 2.45) is 11.3 Å². The van der Waals surface area contributed by atoms with Gasteiger partial charge >= 0.3 is 13.1 Å². The lowest BCUT2D eigenvalue weighted by Gasteiger charge is -2.42. The molecule has 1 aromatic carbocycles. The first-order valence-corrected chi connectivity index (χ1v) is 11.8. The molecule has 3 rings (SSSR count). The molecule has 2 aliphatic heterocycles. The standard InChI is InChI=1S/C24H33BF2N2O5/c1-14(2)12-20(25-33-22(23(32)34-25)24(3,4)5)28-21(31)9-8-19(30)18-10-11-29(18)17-7-6-15(26)13-16(17)27/h6-7,13-14,18,20,22H,8-12H2,1-5H3,(H,28,31)/t18-,20-,22+/m0/s1. The monoisotopic (exact) mass is 478 g/mol. The van der Waals surface area contributed by atoms with Crippen LogP contribution in [0.5, 0.6) is 0 Å². The van der Waals surface area contributed by atoms with Crippen LogP contribution >= 0.6 is 0 Å². The van der Waals surface area contributed by atoms with Gasteiger partial charge in [0.2, 0.25) is 5.91 Å². The number of benzene rings is 1. The van der Waals surface area contributed by atoms with Gasteiger partial charge in [-0.15, -0.1) is 0 Å². The number of Topliss-reactive ketones (excluding diaryl/α,β-unsaturated/α-hetero) is 1. The average Bonchev–Trinajstić information content (AvgIpc) is 3.09. The Bertz CT molecular complexity index is 936. The van der Waals surface area contributed by atoms with Crippen LogP contribution in [0.3, 0.4) is 0 Å². The fraction of sp³-hybridized carbons (Fsp3) is 0.625. The first kappa shape index (κ1) is 26.1. The largest absolute Gasteiger partial charge is 0.552 e. The van der Waals surface area contributed by atoms with Crippen molar-refractivity contribution >= 4 is 30.5 Å². The van der Waals surface area contributed by atoms with Crippen LogP contribution < -0.4 is 10.2 Å². The molecular weight excluding hydrogens is 445 g/mol. The zero-order valence-corrected chi connectivity index (χ0v) is 20.4. The summed E-state index contributed by atoms with van der Waals surface area (Å²) < 4.78 is 38.6. The van der Waals surface area contributed by atoms with Gasteiger partial charge in [-0.25, -0.2) is 8.78 Å². The lowest BCUT2D eigenvalue weighted by Crippen LogP contribution is -2.53. The van der Waals surface area contributed by atoms with E-state index in [4.69, 9.17) is 9.31 Å². The highest BCUT2D eigenvalue weighted by Gasteiger charge is 2.50. The molecule has 3 atom stereocenters. The molecule has 2 fully saturated rings. The normalized spacial score (nSPS) is 21.4. The molecule has 0 bridgehead atoms. The van der Waals surface area contributed by atoms with Crippen molar-refractivity contribution in [3.05, 3.63) is 29.8 Å². The molecule has 0 saturated carbocycles. The second-order valence-corrected chi connectivity index (χ2v) is 10.6. The molecule has 1 amide bonds. The predicted octanol–water partition coefficient (Wildman–Crippen LogP) is 3.44. The molecule has 34 heavy (non-hydrogen) atoms. The molecule has 2 saturated heterocycles. The van der Waals surface area contributed by atoms with Gasteiger partial charge in [0.05, 0.1) is 17.7 Å². The minimum atomic E-state index is -0.887. The molecule has 10 heteroatoms. The lowest BCUT2D eigenvalue weighted by atomic mass is 9.74. The molecule has 1 aromatic rings. The number of amides is 1. The molecule has 2 heterocycles. The van der Waals surface area contributed by atoms with Crippen LogP contribution in [0.1, 0.15) is 60.3 Å². The van der Waals surface area contributed by atoms with Gasteiger partial charge in [-0.3, -0.25) is 14.4 Å². The third-order valence-electron chi connectivity index (χ3n) is 6.11. The Morgan fingerprint density at radius 3 is 2.47 bits per heavy atom. The fourth-order valence-electron chi connectivity index (χ4n) is 4.28. The van der Waals surface area contributed by atoms with E-state index in [1.54, 1.807) is 4.90 Å². The Balaban J connectivity index is 1.55. The Morgan fingerprint density at radius 1 is 1.24 bits per heavy atom. The minimum Gasteiger partial charge on any atom is -0.506 e. The van der Waals surface area contributed by atoms with E-state index in [1.807, 2.05) is 34.6 Å². The van der Waals surface area contributed by atoms with E-state index >= 15 is 0 Å². The van der Waals surface area contributed by atoms with E-state index in [1.165, 1.54) is 6.07 Å². The van der Waals surface area contributed by atoms with Gasteiger partial charge in [0, 0.05) is 25.5 Å². The van der Waals surface area contributed by atoms with Gasteiger partial charge in [0.15, 0.2) is 5.78 Å². The summed E-state index contributed by atoms with van der Waals surface area (Å²) in [4.78, 5) is 39.2. The van der Waals surface area contributed by atoms with Crippen LogP contribution in [0.4, 0.5) is 14.5 Å². The number of hydrogen-bond donors (Lipinski definition) is 1. The molecule has 7 nitrogen and oxygen atoms in total. The van der Waals surface area contributed by atoms with Gasteiger partial charge in [0.1, 0.15) is 17.7 Å². The van der Waals surface area contributed by atoms with Crippen LogP contribution in [0.15, 0.2) is 18.2 Å². The topological polar surface area (TPSA) is 84.9 Å². The first-order valence-electron chi connectivity index (χ1n) is 11.8. The zero-order valence-electron chi connectivity index (χ0n) is 20.4. The summed E-state index contributed by atoms with van der Waals surface area (Å²) in [5, 5.41) is 2.86. The third kappa shape index (κ3) is 6.14. The Kier molecular flexibility index (Phi) is 8.00. The molecule has 0 aromatic heterocycles. The smallest absolute Gasteiger partial charge is 0.506 e. The second kappa shape index (κ2) is 10.4. The van der Waals surface area contributed by atoms with Crippen molar-refractivity contribution in [3.63, 3.8) is 0 Å². The molecule has 0 spiro atoms. The van der Waals surface area contributed by atoms with Crippen molar-refractivity contribution in [3.8, 4) is 0 Å². The maximum absolute atomic E-state index is 14.1.